The van der Waals surface area contributed by atoms with E-state index in [1.165, 1.54) is 11.0 Å². The normalized spacial score (nSPS) is 14.2. The molecule has 0 fully saturated rings. The van der Waals surface area contributed by atoms with Gasteiger partial charge in [0.2, 0.25) is 0 Å². The van der Waals surface area contributed by atoms with Crippen molar-refractivity contribution in [3.05, 3.63) is 47.5 Å². The van der Waals surface area contributed by atoms with Gasteiger partial charge in [0.25, 0.3) is 11.8 Å². The zero-order chi connectivity index (χ0) is 13.8. The molecule has 0 unspecified atom stereocenters. The van der Waals surface area contributed by atoms with E-state index in [4.69, 9.17) is 5.11 Å². The topological polar surface area (TPSA) is 74.7 Å². The van der Waals surface area contributed by atoms with Crippen LogP contribution in [-0.4, -0.2) is 34.3 Å². The third kappa shape index (κ3) is 2.70. The molecule has 1 aliphatic heterocycles. The van der Waals surface area contributed by atoms with Gasteiger partial charge in [0.1, 0.15) is 0 Å². The fraction of sp³-hybridized carbons (Fsp3) is 0.214. The number of unbranched alkanes of at least 4 members (excludes halogenated alkanes) is 1. The van der Waals surface area contributed by atoms with Crippen molar-refractivity contribution in [3.63, 3.8) is 0 Å². The lowest BCUT2D eigenvalue weighted by atomic mass is 10.1. The molecule has 98 valence electrons. The monoisotopic (exact) mass is 259 g/mol. The lowest BCUT2D eigenvalue weighted by molar-refractivity contribution is -0.131. The van der Waals surface area contributed by atoms with Crippen molar-refractivity contribution in [1.29, 1.82) is 0 Å². The highest BCUT2D eigenvalue weighted by atomic mass is 16.4. The highest BCUT2D eigenvalue weighted by Gasteiger charge is 2.34. The maximum atomic E-state index is 12.0. The molecule has 0 atom stereocenters. The van der Waals surface area contributed by atoms with Gasteiger partial charge < -0.3 is 5.11 Å². The Kier molecular flexibility index (Phi) is 3.75. The Morgan fingerprint density at radius 3 is 2.26 bits per heavy atom. The molecule has 1 aromatic rings. The van der Waals surface area contributed by atoms with E-state index < -0.39 is 5.97 Å². The molecule has 19 heavy (non-hydrogen) atoms. The summed E-state index contributed by atoms with van der Waals surface area (Å²) in [6, 6.07) is 6.73. The predicted molar refractivity (Wildman–Crippen MR) is 67.8 cm³/mol. The van der Waals surface area contributed by atoms with Gasteiger partial charge in [-0.25, -0.2) is 4.79 Å². The Bertz CT molecular complexity index is 527. The lowest BCUT2D eigenvalue weighted by Gasteiger charge is -2.12. The van der Waals surface area contributed by atoms with Gasteiger partial charge >= 0.3 is 5.97 Å². The lowest BCUT2D eigenvalue weighted by Crippen LogP contribution is -2.30. The Hall–Kier alpha value is -2.43. The van der Waals surface area contributed by atoms with E-state index in [0.29, 0.717) is 30.5 Å². The van der Waals surface area contributed by atoms with Crippen LogP contribution in [0.4, 0.5) is 0 Å². The zero-order valence-electron chi connectivity index (χ0n) is 10.2. The fourth-order valence-corrected chi connectivity index (χ4v) is 1.99. The first-order valence-corrected chi connectivity index (χ1v) is 5.96. The first kappa shape index (κ1) is 13.0. The Morgan fingerprint density at radius 1 is 1.16 bits per heavy atom. The molecule has 0 aliphatic carbocycles. The summed E-state index contributed by atoms with van der Waals surface area (Å²) in [5.74, 6) is -1.55. The number of imide groups is 1. The van der Waals surface area contributed by atoms with Gasteiger partial charge in [0.15, 0.2) is 0 Å². The summed E-state index contributed by atoms with van der Waals surface area (Å²) in [7, 11) is 0. The van der Waals surface area contributed by atoms with Crippen LogP contribution in [0.3, 0.4) is 0 Å². The molecule has 1 N–H and O–H groups in total. The number of carbonyl (C=O) groups excluding carboxylic acids is 2. The number of aliphatic carboxylic acids is 1. The van der Waals surface area contributed by atoms with Crippen LogP contribution >= 0.6 is 0 Å². The van der Waals surface area contributed by atoms with Crippen molar-refractivity contribution in [3.8, 4) is 0 Å². The number of nitrogens with zero attached hydrogens (tertiary/aromatic N) is 1. The minimum Gasteiger partial charge on any atom is -0.478 e. The molecule has 0 spiro atoms. The average molecular weight is 259 g/mol. The molecule has 2 amide bonds. The third-order valence-corrected chi connectivity index (χ3v) is 2.89. The van der Waals surface area contributed by atoms with Crippen LogP contribution in [0.15, 0.2) is 36.4 Å². The number of benzene rings is 1. The number of fused-ring (bicyclic) bond motifs is 1. The Morgan fingerprint density at radius 2 is 1.74 bits per heavy atom. The number of carboxylic acids is 1. The van der Waals surface area contributed by atoms with Crippen molar-refractivity contribution < 1.29 is 19.5 Å². The van der Waals surface area contributed by atoms with Gasteiger partial charge in [-0.1, -0.05) is 18.2 Å². The number of carboxylic acid groups (broad SMARTS) is 1. The Labute approximate surface area is 110 Å². The van der Waals surface area contributed by atoms with E-state index in [9.17, 15) is 14.4 Å². The molecular weight excluding hydrogens is 246 g/mol. The number of hydrogen-bond donors (Lipinski definition) is 1. The average Bonchev–Trinajstić information content (AvgIpc) is 2.63. The number of amides is 2. The first-order valence-electron chi connectivity index (χ1n) is 5.96. The van der Waals surface area contributed by atoms with Crippen LogP contribution in [0, 0.1) is 0 Å². The van der Waals surface area contributed by atoms with Crippen LogP contribution in [0.2, 0.25) is 0 Å². The minimum atomic E-state index is -0.999. The SMILES string of the molecule is O=C(O)C=CCCCN1C(=O)c2ccccc2C1=O. The first-order chi connectivity index (χ1) is 9.11. The maximum Gasteiger partial charge on any atom is 0.327 e. The fourth-order valence-electron chi connectivity index (χ4n) is 1.99. The largest absolute Gasteiger partial charge is 0.478 e. The summed E-state index contributed by atoms with van der Waals surface area (Å²) in [6.07, 6.45) is 3.64. The zero-order valence-corrected chi connectivity index (χ0v) is 10.2. The molecule has 0 radical (unpaired) electrons. The number of carbonyl (C=O) groups is 3. The number of hydrogen-bond acceptors (Lipinski definition) is 3. The van der Waals surface area contributed by atoms with Crippen LogP contribution < -0.4 is 0 Å². The van der Waals surface area contributed by atoms with E-state index in [0.717, 1.165) is 6.08 Å². The predicted octanol–water partition coefficient (Wildman–Crippen LogP) is 1.70. The molecule has 5 heteroatoms. The van der Waals surface area contributed by atoms with Gasteiger partial charge in [0.05, 0.1) is 11.1 Å². The molecule has 1 heterocycles. The highest BCUT2D eigenvalue weighted by Crippen LogP contribution is 2.22. The summed E-state index contributed by atoms with van der Waals surface area (Å²) < 4.78 is 0. The summed E-state index contributed by atoms with van der Waals surface area (Å²) >= 11 is 0. The molecule has 0 saturated heterocycles. The number of rotatable bonds is 5. The maximum absolute atomic E-state index is 12.0. The van der Waals surface area contributed by atoms with E-state index in [2.05, 4.69) is 0 Å². The summed E-state index contributed by atoms with van der Waals surface area (Å²) in [5, 5.41) is 8.42. The smallest absolute Gasteiger partial charge is 0.327 e. The van der Waals surface area contributed by atoms with E-state index >= 15 is 0 Å². The molecular formula is C14H13NO4. The second-order valence-corrected chi connectivity index (χ2v) is 4.19. The van der Waals surface area contributed by atoms with Gasteiger partial charge in [-0.2, -0.15) is 0 Å². The van der Waals surface area contributed by atoms with Gasteiger partial charge in [-0.3, -0.25) is 14.5 Å². The molecule has 2 rings (SSSR count). The van der Waals surface area contributed by atoms with Crippen LogP contribution in [0.25, 0.3) is 0 Å². The number of allylic oxidation sites excluding steroid dienone is 1. The molecule has 1 aliphatic rings. The van der Waals surface area contributed by atoms with Gasteiger partial charge in [0, 0.05) is 12.6 Å². The summed E-state index contributed by atoms with van der Waals surface area (Å²) in [5.41, 5.74) is 0.877. The molecule has 1 aromatic carbocycles. The van der Waals surface area contributed by atoms with Crippen LogP contribution in [0.5, 0.6) is 0 Å². The summed E-state index contributed by atoms with van der Waals surface area (Å²) in [4.78, 5) is 35.4. The van der Waals surface area contributed by atoms with Crippen molar-refractivity contribution in [2.45, 2.75) is 12.8 Å². The summed E-state index contributed by atoms with van der Waals surface area (Å²) in [6.45, 7) is 0.302. The molecule has 0 bridgehead atoms. The second kappa shape index (κ2) is 5.48. The highest BCUT2D eigenvalue weighted by molar-refractivity contribution is 6.21. The van der Waals surface area contributed by atoms with Crippen LogP contribution in [0.1, 0.15) is 33.6 Å². The van der Waals surface area contributed by atoms with E-state index in [1.807, 2.05) is 0 Å². The molecule has 5 nitrogen and oxygen atoms in total. The molecule has 0 saturated carbocycles. The van der Waals surface area contributed by atoms with Crippen molar-refractivity contribution >= 4 is 17.8 Å². The van der Waals surface area contributed by atoms with E-state index in [-0.39, 0.29) is 11.8 Å². The van der Waals surface area contributed by atoms with Gasteiger partial charge in [-0.15, -0.1) is 0 Å². The second-order valence-electron chi connectivity index (χ2n) is 4.19. The van der Waals surface area contributed by atoms with Crippen LogP contribution in [-0.2, 0) is 4.79 Å². The van der Waals surface area contributed by atoms with Crippen molar-refractivity contribution in [2.75, 3.05) is 6.54 Å². The van der Waals surface area contributed by atoms with E-state index in [1.54, 1.807) is 24.3 Å². The standard InChI is InChI=1S/C14H13NO4/c16-12(17)8-2-1-5-9-15-13(18)10-6-3-4-7-11(10)14(15)19/h2-4,6-8H,1,5,9H2,(H,16,17). The van der Waals surface area contributed by atoms with Crippen molar-refractivity contribution in [1.82, 2.24) is 4.90 Å². The van der Waals surface area contributed by atoms with Crippen molar-refractivity contribution in [2.24, 2.45) is 0 Å². The third-order valence-electron chi connectivity index (χ3n) is 2.89. The molecule has 0 aromatic heterocycles. The minimum absolute atomic E-state index is 0.275. The quantitative estimate of drug-likeness (QED) is 0.496. The van der Waals surface area contributed by atoms with Gasteiger partial charge in [-0.05, 0) is 25.0 Å². The Balaban J connectivity index is 1.95.